The lowest BCUT2D eigenvalue weighted by molar-refractivity contribution is -0.0395. The van der Waals surface area contributed by atoms with Gasteiger partial charge in [-0.2, -0.15) is 0 Å². The molecule has 5 nitrogen and oxygen atoms in total. The summed E-state index contributed by atoms with van der Waals surface area (Å²) in [4.78, 5) is 10.7. The Morgan fingerprint density at radius 3 is 3.00 bits per heavy atom. The van der Waals surface area contributed by atoms with Crippen LogP contribution in [0, 0.1) is 5.92 Å². The molecule has 3 aliphatic rings. The van der Waals surface area contributed by atoms with E-state index in [2.05, 4.69) is 20.9 Å². The summed E-state index contributed by atoms with van der Waals surface area (Å²) in [6, 6.07) is 4.73. The highest BCUT2D eigenvalue weighted by Crippen LogP contribution is 2.39. The van der Waals surface area contributed by atoms with Crippen molar-refractivity contribution in [2.45, 2.75) is 69.7 Å². The van der Waals surface area contributed by atoms with Gasteiger partial charge in [-0.1, -0.05) is 12.8 Å². The Balaban J connectivity index is 1.49. The third-order valence-electron chi connectivity index (χ3n) is 6.78. The van der Waals surface area contributed by atoms with Crippen molar-refractivity contribution in [2.24, 2.45) is 5.92 Å². The van der Waals surface area contributed by atoms with E-state index in [9.17, 15) is 5.11 Å². The lowest BCUT2D eigenvalue weighted by Crippen LogP contribution is -2.52. The van der Waals surface area contributed by atoms with Crippen LogP contribution in [0.25, 0.3) is 11.0 Å². The number of fused-ring (bicyclic) bond motifs is 2. The molecule has 0 radical (unpaired) electrons. The van der Waals surface area contributed by atoms with Gasteiger partial charge in [0.05, 0.1) is 17.9 Å². The molecule has 26 heavy (non-hydrogen) atoms. The number of ether oxygens (including phenoxy) is 1. The Kier molecular flexibility index (Phi) is 4.47. The quantitative estimate of drug-likeness (QED) is 0.884. The van der Waals surface area contributed by atoms with Gasteiger partial charge in [0.25, 0.3) is 0 Å². The SMILES string of the molecule is O[C@@H]1CCN(Cc2c([C@@H]3CCCO3)[nH]c3ncccc23)[C@H]2CCCC[C@@H]12. The van der Waals surface area contributed by atoms with Crippen molar-refractivity contribution in [1.29, 1.82) is 0 Å². The molecule has 5 heteroatoms. The fourth-order valence-electron chi connectivity index (χ4n) is 5.47. The van der Waals surface area contributed by atoms with Crippen LogP contribution in [-0.2, 0) is 11.3 Å². The molecule has 1 aliphatic carbocycles. The van der Waals surface area contributed by atoms with Crippen molar-refractivity contribution < 1.29 is 9.84 Å². The van der Waals surface area contributed by atoms with Gasteiger partial charge in [-0.15, -0.1) is 0 Å². The number of nitrogens with zero attached hydrogens (tertiary/aromatic N) is 2. The molecule has 2 aromatic rings. The lowest BCUT2D eigenvalue weighted by atomic mass is 9.76. The van der Waals surface area contributed by atoms with Crippen LogP contribution in [0.4, 0.5) is 0 Å². The number of hydrogen-bond donors (Lipinski definition) is 2. The van der Waals surface area contributed by atoms with Gasteiger partial charge in [0.15, 0.2) is 0 Å². The standard InChI is InChI=1S/C21H29N3O2/c25-18-9-11-24(17-7-2-1-5-15(17)18)13-16-14-6-3-10-22-21(14)23-20(16)19-8-4-12-26-19/h3,6,10,15,17-19,25H,1-2,4-5,7-9,11-13H2,(H,22,23)/t15-,17+,18-,19+/m1/s1. The first-order chi connectivity index (χ1) is 12.8. The van der Waals surface area contributed by atoms with Crippen molar-refractivity contribution in [3.63, 3.8) is 0 Å². The molecule has 1 saturated carbocycles. The molecule has 0 spiro atoms. The zero-order chi connectivity index (χ0) is 17.5. The summed E-state index contributed by atoms with van der Waals surface area (Å²) < 4.78 is 6.00. The molecule has 0 unspecified atom stereocenters. The van der Waals surface area contributed by atoms with Gasteiger partial charge < -0.3 is 14.8 Å². The van der Waals surface area contributed by atoms with Gasteiger partial charge in [-0.3, -0.25) is 4.90 Å². The first-order valence-electron chi connectivity index (χ1n) is 10.3. The molecule has 4 heterocycles. The fraction of sp³-hybridized carbons (Fsp3) is 0.667. The van der Waals surface area contributed by atoms with Gasteiger partial charge >= 0.3 is 0 Å². The number of likely N-dealkylation sites (tertiary alicyclic amines) is 1. The van der Waals surface area contributed by atoms with Crippen LogP contribution in [0.1, 0.15) is 62.3 Å². The molecule has 3 fully saturated rings. The summed E-state index contributed by atoms with van der Waals surface area (Å²) in [7, 11) is 0. The molecule has 4 atom stereocenters. The second-order valence-corrected chi connectivity index (χ2v) is 8.26. The highest BCUT2D eigenvalue weighted by Gasteiger charge is 2.39. The Morgan fingerprint density at radius 2 is 2.12 bits per heavy atom. The maximum absolute atomic E-state index is 10.5. The molecular weight excluding hydrogens is 326 g/mol. The second-order valence-electron chi connectivity index (χ2n) is 8.26. The summed E-state index contributed by atoms with van der Waals surface area (Å²) in [6.07, 6.45) is 10.00. The van der Waals surface area contributed by atoms with Gasteiger partial charge in [0, 0.05) is 43.2 Å². The molecule has 140 valence electrons. The Bertz CT molecular complexity index is 768. The Hall–Kier alpha value is -1.43. The smallest absolute Gasteiger partial charge is 0.137 e. The molecule has 2 N–H and O–H groups in total. The van der Waals surface area contributed by atoms with Crippen LogP contribution in [0.5, 0.6) is 0 Å². The van der Waals surface area contributed by atoms with Gasteiger partial charge in [-0.05, 0) is 49.8 Å². The lowest BCUT2D eigenvalue weighted by Gasteiger charge is -2.46. The van der Waals surface area contributed by atoms with Crippen LogP contribution < -0.4 is 0 Å². The number of aromatic amines is 1. The maximum atomic E-state index is 10.5. The predicted octanol–water partition coefficient (Wildman–Crippen LogP) is 3.54. The normalized spacial score (nSPS) is 32.8. The van der Waals surface area contributed by atoms with Gasteiger partial charge in [0.1, 0.15) is 5.65 Å². The van der Waals surface area contributed by atoms with Crippen molar-refractivity contribution in [2.75, 3.05) is 13.2 Å². The molecule has 0 bridgehead atoms. The van der Waals surface area contributed by atoms with E-state index >= 15 is 0 Å². The number of rotatable bonds is 3. The number of aliphatic hydroxyl groups is 1. The van der Waals surface area contributed by atoms with E-state index in [4.69, 9.17) is 4.74 Å². The van der Waals surface area contributed by atoms with E-state index in [-0.39, 0.29) is 12.2 Å². The number of aliphatic hydroxyl groups excluding tert-OH is 1. The number of aromatic nitrogens is 2. The van der Waals surface area contributed by atoms with E-state index < -0.39 is 0 Å². The first-order valence-corrected chi connectivity index (χ1v) is 10.3. The summed E-state index contributed by atoms with van der Waals surface area (Å²) in [5.41, 5.74) is 3.57. The van der Waals surface area contributed by atoms with Crippen molar-refractivity contribution in [3.05, 3.63) is 29.6 Å². The zero-order valence-electron chi connectivity index (χ0n) is 15.4. The highest BCUT2D eigenvalue weighted by atomic mass is 16.5. The fourth-order valence-corrected chi connectivity index (χ4v) is 5.47. The average Bonchev–Trinajstić information content (AvgIpc) is 3.32. The zero-order valence-corrected chi connectivity index (χ0v) is 15.4. The minimum absolute atomic E-state index is 0.112. The van der Waals surface area contributed by atoms with Crippen molar-refractivity contribution in [3.8, 4) is 0 Å². The summed E-state index contributed by atoms with van der Waals surface area (Å²) in [5, 5.41) is 11.7. The van der Waals surface area contributed by atoms with Crippen LogP contribution in [0.2, 0.25) is 0 Å². The highest BCUT2D eigenvalue weighted by molar-refractivity contribution is 5.81. The average molecular weight is 355 g/mol. The van der Waals surface area contributed by atoms with Crippen molar-refractivity contribution >= 4 is 11.0 Å². The van der Waals surface area contributed by atoms with E-state index in [1.54, 1.807) is 0 Å². The molecule has 5 rings (SSSR count). The molecular formula is C21H29N3O2. The van der Waals surface area contributed by atoms with Crippen LogP contribution in [0.15, 0.2) is 18.3 Å². The Labute approximate surface area is 154 Å². The van der Waals surface area contributed by atoms with Crippen LogP contribution in [0.3, 0.4) is 0 Å². The molecule has 2 saturated heterocycles. The third-order valence-corrected chi connectivity index (χ3v) is 6.78. The van der Waals surface area contributed by atoms with E-state index in [1.165, 1.54) is 42.3 Å². The minimum Gasteiger partial charge on any atom is -0.393 e. The number of H-pyrrole nitrogens is 1. The van der Waals surface area contributed by atoms with Crippen LogP contribution in [-0.4, -0.2) is 45.3 Å². The third kappa shape index (κ3) is 2.86. The first kappa shape index (κ1) is 16.7. The Morgan fingerprint density at radius 1 is 1.19 bits per heavy atom. The van der Waals surface area contributed by atoms with Gasteiger partial charge in [-0.25, -0.2) is 4.98 Å². The minimum atomic E-state index is -0.112. The molecule has 0 aromatic carbocycles. The summed E-state index contributed by atoms with van der Waals surface area (Å²) in [5.74, 6) is 0.451. The van der Waals surface area contributed by atoms with Crippen molar-refractivity contribution in [1.82, 2.24) is 14.9 Å². The maximum Gasteiger partial charge on any atom is 0.137 e. The summed E-state index contributed by atoms with van der Waals surface area (Å²) in [6.45, 7) is 2.78. The molecule has 2 aromatic heterocycles. The van der Waals surface area contributed by atoms with E-state index in [0.29, 0.717) is 12.0 Å². The van der Waals surface area contributed by atoms with Crippen LogP contribution >= 0.6 is 0 Å². The summed E-state index contributed by atoms with van der Waals surface area (Å²) >= 11 is 0. The molecule has 0 amide bonds. The number of piperidine rings is 1. The largest absolute Gasteiger partial charge is 0.393 e. The molecule has 2 aliphatic heterocycles. The van der Waals surface area contributed by atoms with E-state index in [1.807, 2.05) is 12.3 Å². The van der Waals surface area contributed by atoms with Gasteiger partial charge in [0.2, 0.25) is 0 Å². The van der Waals surface area contributed by atoms with E-state index in [0.717, 1.165) is 44.6 Å². The topological polar surface area (TPSA) is 61.4 Å². The number of nitrogens with one attached hydrogen (secondary N) is 1. The second kappa shape index (κ2) is 6.95. The number of hydrogen-bond acceptors (Lipinski definition) is 4. The number of pyridine rings is 1. The predicted molar refractivity (Wildman–Crippen MR) is 101 cm³/mol. The monoisotopic (exact) mass is 355 g/mol.